The molecule has 1 aliphatic heterocycles. The number of amides is 1. The Hall–Kier alpha value is -1.89. The second-order valence-electron chi connectivity index (χ2n) is 4.55. The Bertz CT molecular complexity index is 552. The predicted molar refractivity (Wildman–Crippen MR) is 65.6 cm³/mol. The van der Waals surface area contributed by atoms with Crippen LogP contribution in [0.2, 0.25) is 0 Å². The summed E-state index contributed by atoms with van der Waals surface area (Å²) in [5.41, 5.74) is -1.30. The minimum atomic E-state index is -0.651. The number of hydrogen-bond acceptors (Lipinski definition) is 4. The van der Waals surface area contributed by atoms with E-state index >= 15 is 0 Å². The number of nitrogens with one attached hydrogen (secondary N) is 3. The van der Waals surface area contributed by atoms with Crippen molar-refractivity contribution in [2.75, 3.05) is 13.1 Å². The number of carbonyl (C=O) groups excluding carboxylic acids is 1. The average Bonchev–Trinajstić information content (AvgIpc) is 2.28. The maximum atomic E-state index is 12.3. The quantitative estimate of drug-likeness (QED) is 0.590. The van der Waals surface area contributed by atoms with Crippen LogP contribution < -0.4 is 16.6 Å². The van der Waals surface area contributed by atoms with Crippen LogP contribution >= 0.6 is 0 Å². The van der Waals surface area contributed by atoms with Crippen molar-refractivity contribution in [2.24, 2.45) is 0 Å². The summed E-state index contributed by atoms with van der Waals surface area (Å²) in [6.45, 7) is 5.22. The third-order valence-corrected chi connectivity index (χ3v) is 3.11. The van der Waals surface area contributed by atoms with Crippen LogP contribution in [0.5, 0.6) is 0 Å². The number of hydrogen-bond donors (Lipinski definition) is 3. The van der Waals surface area contributed by atoms with E-state index in [4.69, 9.17) is 0 Å². The van der Waals surface area contributed by atoms with Crippen LogP contribution in [0.25, 0.3) is 0 Å². The van der Waals surface area contributed by atoms with Crippen molar-refractivity contribution in [3.8, 4) is 0 Å². The fraction of sp³-hybridized carbons (Fsp3) is 0.545. The molecule has 0 saturated carbocycles. The van der Waals surface area contributed by atoms with Gasteiger partial charge in [0.15, 0.2) is 0 Å². The van der Waals surface area contributed by atoms with Crippen molar-refractivity contribution < 1.29 is 4.79 Å². The average molecular weight is 252 g/mol. The van der Waals surface area contributed by atoms with Crippen molar-refractivity contribution in [1.82, 2.24) is 20.2 Å². The molecule has 1 aromatic heterocycles. The van der Waals surface area contributed by atoms with Gasteiger partial charge in [-0.05, 0) is 13.8 Å². The zero-order valence-electron chi connectivity index (χ0n) is 10.3. The minimum absolute atomic E-state index is 0.00702. The first-order chi connectivity index (χ1) is 8.50. The van der Waals surface area contributed by atoms with Gasteiger partial charge in [0.1, 0.15) is 5.56 Å². The third kappa shape index (κ3) is 2.21. The molecular weight excluding hydrogens is 236 g/mol. The fourth-order valence-corrected chi connectivity index (χ4v) is 2.24. The molecule has 1 fully saturated rings. The van der Waals surface area contributed by atoms with E-state index in [1.807, 2.05) is 13.8 Å². The van der Waals surface area contributed by atoms with Crippen molar-refractivity contribution in [3.05, 3.63) is 32.6 Å². The lowest BCUT2D eigenvalue weighted by Gasteiger charge is -2.39. The third-order valence-electron chi connectivity index (χ3n) is 3.11. The monoisotopic (exact) mass is 252 g/mol. The highest BCUT2D eigenvalue weighted by molar-refractivity contribution is 5.94. The first-order valence-corrected chi connectivity index (χ1v) is 5.86. The van der Waals surface area contributed by atoms with Crippen LogP contribution in [0, 0.1) is 0 Å². The number of carbonyl (C=O) groups is 1. The van der Waals surface area contributed by atoms with Gasteiger partial charge in [0.25, 0.3) is 11.5 Å². The summed E-state index contributed by atoms with van der Waals surface area (Å²) in [5.74, 6) is -0.353. The van der Waals surface area contributed by atoms with E-state index in [9.17, 15) is 14.4 Å². The number of H-pyrrole nitrogens is 2. The Balaban J connectivity index is 2.35. The first-order valence-electron chi connectivity index (χ1n) is 5.86. The first kappa shape index (κ1) is 12.6. The molecule has 3 N–H and O–H groups in total. The van der Waals surface area contributed by atoms with Gasteiger partial charge in [-0.2, -0.15) is 0 Å². The Kier molecular flexibility index (Phi) is 3.33. The maximum Gasteiger partial charge on any atom is 0.325 e. The molecule has 2 rings (SSSR count). The minimum Gasteiger partial charge on any atom is -0.330 e. The normalized spacial score (nSPS) is 24.0. The molecular formula is C11H16N4O3. The SMILES string of the molecule is CC1CNCC(C)N1C(=O)c1c[nH]c(=O)[nH]c1=O. The van der Waals surface area contributed by atoms with Gasteiger partial charge in [-0.3, -0.25) is 14.6 Å². The Morgan fingerprint density at radius 1 is 1.28 bits per heavy atom. The van der Waals surface area contributed by atoms with Gasteiger partial charge in [0.2, 0.25) is 0 Å². The lowest BCUT2D eigenvalue weighted by molar-refractivity contribution is 0.0542. The molecule has 7 nitrogen and oxygen atoms in total. The van der Waals surface area contributed by atoms with Crippen molar-refractivity contribution in [2.45, 2.75) is 25.9 Å². The summed E-state index contributed by atoms with van der Waals surface area (Å²) in [6, 6.07) is 0.0140. The van der Waals surface area contributed by atoms with Crippen LogP contribution in [0.3, 0.4) is 0 Å². The number of aromatic amines is 2. The summed E-state index contributed by atoms with van der Waals surface area (Å²) in [6.07, 6.45) is 1.17. The van der Waals surface area contributed by atoms with Crippen molar-refractivity contribution in [3.63, 3.8) is 0 Å². The summed E-state index contributed by atoms with van der Waals surface area (Å²) < 4.78 is 0. The lowest BCUT2D eigenvalue weighted by atomic mass is 10.1. The summed E-state index contributed by atoms with van der Waals surface area (Å²) in [7, 11) is 0. The molecule has 2 unspecified atom stereocenters. The summed E-state index contributed by atoms with van der Waals surface area (Å²) in [4.78, 5) is 40.9. The number of rotatable bonds is 1. The van der Waals surface area contributed by atoms with Crippen LogP contribution in [-0.2, 0) is 0 Å². The molecule has 2 heterocycles. The highest BCUT2D eigenvalue weighted by Gasteiger charge is 2.30. The lowest BCUT2D eigenvalue weighted by Crippen LogP contribution is -2.58. The van der Waals surface area contributed by atoms with E-state index in [1.54, 1.807) is 4.90 Å². The smallest absolute Gasteiger partial charge is 0.325 e. The zero-order chi connectivity index (χ0) is 13.3. The number of aromatic nitrogens is 2. The molecule has 2 atom stereocenters. The number of piperazine rings is 1. The van der Waals surface area contributed by atoms with Crippen molar-refractivity contribution in [1.29, 1.82) is 0 Å². The molecule has 1 aliphatic rings. The van der Waals surface area contributed by atoms with E-state index in [1.165, 1.54) is 6.20 Å². The van der Waals surface area contributed by atoms with Gasteiger partial charge in [0.05, 0.1) is 0 Å². The fourth-order valence-electron chi connectivity index (χ4n) is 2.24. The highest BCUT2D eigenvalue weighted by atomic mass is 16.2. The van der Waals surface area contributed by atoms with E-state index in [0.29, 0.717) is 13.1 Å². The summed E-state index contributed by atoms with van der Waals surface area (Å²) >= 11 is 0. The van der Waals surface area contributed by atoms with Crippen LogP contribution in [0.4, 0.5) is 0 Å². The maximum absolute atomic E-state index is 12.3. The summed E-state index contributed by atoms with van der Waals surface area (Å²) in [5, 5.41) is 3.21. The molecule has 0 aromatic carbocycles. The van der Waals surface area contributed by atoms with E-state index in [0.717, 1.165) is 0 Å². The van der Waals surface area contributed by atoms with E-state index in [2.05, 4.69) is 15.3 Å². The zero-order valence-corrected chi connectivity index (χ0v) is 10.3. The molecule has 0 aliphatic carbocycles. The van der Waals surface area contributed by atoms with Gasteiger partial charge in [-0.25, -0.2) is 4.79 Å². The largest absolute Gasteiger partial charge is 0.330 e. The van der Waals surface area contributed by atoms with Gasteiger partial charge >= 0.3 is 5.69 Å². The van der Waals surface area contributed by atoms with Crippen LogP contribution in [-0.4, -0.2) is 45.9 Å². The second-order valence-corrected chi connectivity index (χ2v) is 4.55. The predicted octanol–water partition coefficient (Wildman–Crippen LogP) is -1.11. The molecule has 1 aromatic rings. The molecule has 98 valence electrons. The van der Waals surface area contributed by atoms with Crippen molar-refractivity contribution >= 4 is 5.91 Å². The van der Waals surface area contributed by atoms with Gasteiger partial charge < -0.3 is 15.2 Å². The van der Waals surface area contributed by atoms with Crippen LogP contribution in [0.1, 0.15) is 24.2 Å². The molecule has 18 heavy (non-hydrogen) atoms. The topological polar surface area (TPSA) is 98.1 Å². The highest BCUT2D eigenvalue weighted by Crippen LogP contribution is 2.12. The Morgan fingerprint density at radius 3 is 2.44 bits per heavy atom. The van der Waals surface area contributed by atoms with E-state index < -0.39 is 11.2 Å². The van der Waals surface area contributed by atoms with E-state index in [-0.39, 0.29) is 23.6 Å². The number of nitrogens with zero attached hydrogens (tertiary/aromatic N) is 1. The van der Waals surface area contributed by atoms with Gasteiger partial charge in [-0.1, -0.05) is 0 Å². The molecule has 0 bridgehead atoms. The second kappa shape index (κ2) is 4.77. The molecule has 7 heteroatoms. The van der Waals surface area contributed by atoms with Crippen LogP contribution in [0.15, 0.2) is 15.8 Å². The molecule has 0 spiro atoms. The molecule has 1 saturated heterocycles. The van der Waals surface area contributed by atoms with Gasteiger partial charge in [0, 0.05) is 31.4 Å². The molecule has 0 radical (unpaired) electrons. The molecule has 1 amide bonds. The standard InChI is InChI=1S/C11H16N4O3/c1-6-3-12-4-7(2)15(6)10(17)8-5-13-11(18)14-9(8)16/h5-7,12H,3-4H2,1-2H3,(H2,13,14,16,18). The Morgan fingerprint density at radius 2 is 1.89 bits per heavy atom. The van der Waals surface area contributed by atoms with Gasteiger partial charge in [-0.15, -0.1) is 0 Å². The Labute approximate surface area is 103 Å².